The van der Waals surface area contributed by atoms with Crippen LogP contribution < -0.4 is 0 Å². The number of halogens is 3. The zero-order valence-corrected chi connectivity index (χ0v) is 20.9. The third-order valence-electron chi connectivity index (χ3n) is 6.93. The molecule has 9 nitrogen and oxygen atoms in total. The monoisotopic (exact) mass is 542 g/mol. The zero-order chi connectivity index (χ0) is 27.4. The standard InChI is InChI=1S/C28H21F3N8O/c29-18-8-16(9-19(40)10-18)23-24-21(3-5-33-23)35-27(36-24)26-25-22(37-38-26)2-1-20(34-25)17-7-15(11-32-12-17)13-39-6-4-28(30,31)14-39/h1-3,5,7-12,40H,4,6,13-14H2,(H,35,36)(H,37,38). The average molecular weight is 543 g/mol. The van der Waals surface area contributed by atoms with Gasteiger partial charge in [0.15, 0.2) is 11.5 Å². The number of likely N-dealkylation sites (tertiary alicyclic amines) is 1. The first kappa shape index (κ1) is 24.2. The molecule has 12 heteroatoms. The molecule has 5 aromatic heterocycles. The molecule has 3 N–H and O–H groups in total. The van der Waals surface area contributed by atoms with Crippen LogP contribution in [-0.4, -0.2) is 64.1 Å². The summed E-state index contributed by atoms with van der Waals surface area (Å²) in [5, 5.41) is 17.3. The Morgan fingerprint density at radius 3 is 2.65 bits per heavy atom. The average Bonchev–Trinajstić information content (AvgIpc) is 3.63. The SMILES string of the molecule is Oc1cc(F)cc(-c2nccc3[nH]c(-c4n[nH]c5ccc(-c6cncc(CN7CCC(F)(F)C7)c6)nc45)nc23)c1. The molecule has 0 atom stereocenters. The Morgan fingerprint density at radius 2 is 1.82 bits per heavy atom. The molecule has 1 aliphatic heterocycles. The van der Waals surface area contributed by atoms with Crippen molar-refractivity contribution in [1.82, 2.24) is 40.0 Å². The molecule has 1 aliphatic rings. The molecule has 7 rings (SSSR count). The Bertz CT molecular complexity index is 1880. The third kappa shape index (κ3) is 4.41. The lowest BCUT2D eigenvalue weighted by Crippen LogP contribution is -2.24. The fourth-order valence-electron chi connectivity index (χ4n) is 5.11. The number of imidazole rings is 1. The van der Waals surface area contributed by atoms with Gasteiger partial charge in [-0.3, -0.25) is 20.0 Å². The number of nitrogens with zero attached hydrogens (tertiary/aromatic N) is 6. The number of phenolic OH excluding ortho intramolecular Hbond substituents is 1. The second-order valence-electron chi connectivity index (χ2n) is 9.90. The highest BCUT2D eigenvalue weighted by molar-refractivity contribution is 5.95. The molecule has 0 amide bonds. The summed E-state index contributed by atoms with van der Waals surface area (Å²) in [7, 11) is 0. The second-order valence-corrected chi connectivity index (χ2v) is 9.90. The maximum atomic E-state index is 14.0. The predicted octanol–water partition coefficient (Wildman–Crippen LogP) is 5.31. The van der Waals surface area contributed by atoms with E-state index >= 15 is 0 Å². The molecule has 0 bridgehead atoms. The predicted molar refractivity (Wildman–Crippen MR) is 142 cm³/mol. The Morgan fingerprint density at radius 1 is 0.950 bits per heavy atom. The first-order valence-corrected chi connectivity index (χ1v) is 12.6. The van der Waals surface area contributed by atoms with Crippen LogP contribution in [0, 0.1) is 5.82 Å². The quantitative estimate of drug-likeness (QED) is 0.270. The molecule has 1 aromatic carbocycles. The van der Waals surface area contributed by atoms with Crippen molar-refractivity contribution in [3.63, 3.8) is 0 Å². The first-order chi connectivity index (χ1) is 19.3. The number of alkyl halides is 2. The van der Waals surface area contributed by atoms with Gasteiger partial charge >= 0.3 is 0 Å². The number of aromatic amines is 2. The molecule has 0 radical (unpaired) electrons. The molecule has 0 saturated carbocycles. The fourth-order valence-corrected chi connectivity index (χ4v) is 5.11. The lowest BCUT2D eigenvalue weighted by molar-refractivity contribution is 0.0115. The number of pyridine rings is 3. The highest BCUT2D eigenvalue weighted by atomic mass is 19.3. The summed E-state index contributed by atoms with van der Waals surface area (Å²) in [4.78, 5) is 23.2. The summed E-state index contributed by atoms with van der Waals surface area (Å²) in [6.45, 7) is 0.470. The Labute approximate surface area is 224 Å². The number of aromatic hydroxyl groups is 1. The van der Waals surface area contributed by atoms with Crippen molar-refractivity contribution in [3.8, 4) is 39.8 Å². The van der Waals surface area contributed by atoms with Crippen LogP contribution in [0.15, 0.2) is 61.1 Å². The lowest BCUT2D eigenvalue weighted by atomic mass is 10.1. The molecular weight excluding hydrogens is 521 g/mol. The number of rotatable bonds is 5. The van der Waals surface area contributed by atoms with Crippen LogP contribution in [0.1, 0.15) is 12.0 Å². The summed E-state index contributed by atoms with van der Waals surface area (Å²) in [5.41, 5.74) is 5.88. The van der Waals surface area contributed by atoms with E-state index in [0.29, 0.717) is 63.6 Å². The maximum absolute atomic E-state index is 14.0. The van der Waals surface area contributed by atoms with E-state index in [1.807, 2.05) is 18.2 Å². The van der Waals surface area contributed by atoms with Crippen LogP contribution in [0.5, 0.6) is 5.75 Å². The van der Waals surface area contributed by atoms with E-state index in [1.165, 1.54) is 12.1 Å². The number of hydrogen-bond acceptors (Lipinski definition) is 7. The third-order valence-corrected chi connectivity index (χ3v) is 6.93. The molecule has 1 fully saturated rings. The highest BCUT2D eigenvalue weighted by Crippen LogP contribution is 2.33. The van der Waals surface area contributed by atoms with Gasteiger partial charge in [0.05, 0.1) is 29.0 Å². The first-order valence-electron chi connectivity index (χ1n) is 12.6. The summed E-state index contributed by atoms with van der Waals surface area (Å²) in [6, 6.07) is 11.1. The van der Waals surface area contributed by atoms with E-state index in [4.69, 9.17) is 9.97 Å². The van der Waals surface area contributed by atoms with Gasteiger partial charge in [-0.15, -0.1) is 0 Å². The van der Waals surface area contributed by atoms with Crippen molar-refractivity contribution in [2.75, 3.05) is 13.1 Å². The molecule has 0 aliphatic carbocycles. The van der Waals surface area contributed by atoms with Crippen molar-refractivity contribution in [1.29, 1.82) is 0 Å². The minimum Gasteiger partial charge on any atom is -0.508 e. The van der Waals surface area contributed by atoms with Gasteiger partial charge in [0.2, 0.25) is 0 Å². The van der Waals surface area contributed by atoms with E-state index in [-0.39, 0.29) is 18.7 Å². The zero-order valence-electron chi connectivity index (χ0n) is 20.9. The number of benzene rings is 1. The van der Waals surface area contributed by atoms with E-state index in [1.54, 1.807) is 29.6 Å². The largest absolute Gasteiger partial charge is 0.508 e. The molecule has 0 unspecified atom stereocenters. The second kappa shape index (κ2) is 9.12. The molecule has 1 saturated heterocycles. The molecular formula is C28H21F3N8O. The number of phenols is 1. The van der Waals surface area contributed by atoms with Crippen LogP contribution >= 0.6 is 0 Å². The molecule has 40 heavy (non-hydrogen) atoms. The summed E-state index contributed by atoms with van der Waals surface area (Å²) < 4.78 is 41.2. The maximum Gasteiger partial charge on any atom is 0.261 e. The van der Waals surface area contributed by atoms with Crippen molar-refractivity contribution in [2.45, 2.75) is 18.9 Å². The summed E-state index contributed by atoms with van der Waals surface area (Å²) in [6.07, 6.45) is 4.80. The Balaban J connectivity index is 1.25. The Hall–Kier alpha value is -4.84. The number of aromatic nitrogens is 7. The molecule has 200 valence electrons. The van der Waals surface area contributed by atoms with Crippen molar-refractivity contribution < 1.29 is 18.3 Å². The highest BCUT2D eigenvalue weighted by Gasteiger charge is 2.37. The van der Waals surface area contributed by atoms with E-state index in [2.05, 4.69) is 25.1 Å². The van der Waals surface area contributed by atoms with Crippen molar-refractivity contribution in [3.05, 3.63) is 72.4 Å². The minimum atomic E-state index is -2.65. The summed E-state index contributed by atoms with van der Waals surface area (Å²) in [5.74, 6) is -3.02. The van der Waals surface area contributed by atoms with Crippen LogP contribution in [0.25, 0.3) is 56.1 Å². The molecule has 0 spiro atoms. The topological polar surface area (TPSA) is 120 Å². The Kier molecular flexibility index (Phi) is 5.52. The van der Waals surface area contributed by atoms with E-state index in [9.17, 15) is 18.3 Å². The van der Waals surface area contributed by atoms with Gasteiger partial charge < -0.3 is 10.1 Å². The number of fused-ring (bicyclic) bond motifs is 2. The fraction of sp³-hybridized carbons (Fsp3) is 0.179. The van der Waals surface area contributed by atoms with Crippen molar-refractivity contribution in [2.24, 2.45) is 0 Å². The van der Waals surface area contributed by atoms with Crippen LogP contribution in [0.4, 0.5) is 13.2 Å². The van der Waals surface area contributed by atoms with Crippen LogP contribution in [-0.2, 0) is 6.54 Å². The number of nitrogens with one attached hydrogen (secondary N) is 2. The van der Waals surface area contributed by atoms with Gasteiger partial charge in [-0.2, -0.15) is 5.10 Å². The minimum absolute atomic E-state index is 0.133. The van der Waals surface area contributed by atoms with Crippen LogP contribution in [0.2, 0.25) is 0 Å². The summed E-state index contributed by atoms with van der Waals surface area (Å²) >= 11 is 0. The van der Waals surface area contributed by atoms with Gasteiger partial charge in [-0.05, 0) is 42.0 Å². The van der Waals surface area contributed by atoms with E-state index < -0.39 is 11.7 Å². The van der Waals surface area contributed by atoms with E-state index in [0.717, 1.165) is 17.2 Å². The smallest absolute Gasteiger partial charge is 0.261 e. The molecule has 6 heterocycles. The van der Waals surface area contributed by atoms with Crippen LogP contribution in [0.3, 0.4) is 0 Å². The normalized spacial score (nSPS) is 15.4. The van der Waals surface area contributed by atoms with Gasteiger partial charge in [-0.1, -0.05) is 0 Å². The van der Waals surface area contributed by atoms with Gasteiger partial charge in [-0.25, -0.2) is 23.1 Å². The van der Waals surface area contributed by atoms with Gasteiger partial charge in [0.1, 0.15) is 22.6 Å². The van der Waals surface area contributed by atoms with Gasteiger partial charge in [0.25, 0.3) is 5.92 Å². The number of hydrogen-bond donors (Lipinski definition) is 3. The lowest BCUT2D eigenvalue weighted by Gasteiger charge is -2.15. The van der Waals surface area contributed by atoms with Crippen molar-refractivity contribution >= 4 is 22.1 Å². The number of H-pyrrole nitrogens is 2. The molecule has 6 aromatic rings. The van der Waals surface area contributed by atoms with Gasteiger partial charge in [0, 0.05) is 55.3 Å².